The number of para-hydroxylation sites is 1. The van der Waals surface area contributed by atoms with E-state index in [1.54, 1.807) is 6.07 Å². The third-order valence-corrected chi connectivity index (χ3v) is 6.57. The molecule has 0 N–H and O–H groups in total. The number of benzene rings is 2. The number of carbonyl (C=O) groups is 1. The van der Waals surface area contributed by atoms with Crippen LogP contribution in [0.15, 0.2) is 42.5 Å². The number of hydrogen-bond donors (Lipinski definition) is 0. The Hall–Kier alpha value is -2.40. The zero-order chi connectivity index (χ0) is 19.1. The highest BCUT2D eigenvalue weighted by Crippen LogP contribution is 2.51. The summed E-state index contributed by atoms with van der Waals surface area (Å²) in [5, 5.41) is 0. The third kappa shape index (κ3) is 2.72. The van der Waals surface area contributed by atoms with Gasteiger partial charge in [0.05, 0.1) is 24.5 Å². The van der Waals surface area contributed by atoms with Crippen molar-refractivity contribution in [1.82, 2.24) is 0 Å². The molecule has 3 aliphatic rings. The van der Waals surface area contributed by atoms with Gasteiger partial charge in [0.25, 0.3) is 5.91 Å². The number of fused-ring (bicyclic) bond motifs is 2. The normalized spacial score (nSPS) is 20.6. The highest BCUT2D eigenvalue weighted by atomic mass is 19.1. The van der Waals surface area contributed by atoms with Gasteiger partial charge >= 0.3 is 0 Å². The molecule has 0 aromatic heterocycles. The Morgan fingerprint density at radius 2 is 1.68 bits per heavy atom. The van der Waals surface area contributed by atoms with Gasteiger partial charge in [-0.3, -0.25) is 4.79 Å². The van der Waals surface area contributed by atoms with Gasteiger partial charge in [-0.25, -0.2) is 4.39 Å². The SMILES string of the molecule is O=C(c1ccccc1N1CCOCC1)N1CC2(CCCC2)c2c(F)cccc21. The van der Waals surface area contributed by atoms with Crippen LogP contribution in [0, 0.1) is 5.82 Å². The molecule has 2 aromatic rings. The summed E-state index contributed by atoms with van der Waals surface area (Å²) >= 11 is 0. The van der Waals surface area contributed by atoms with Gasteiger partial charge in [-0.15, -0.1) is 0 Å². The Kier molecular flexibility index (Phi) is 4.35. The minimum Gasteiger partial charge on any atom is -0.378 e. The molecule has 1 amide bonds. The Balaban J connectivity index is 1.55. The molecular formula is C23H25FN2O2. The van der Waals surface area contributed by atoms with E-state index in [9.17, 15) is 9.18 Å². The molecule has 2 heterocycles. The maximum absolute atomic E-state index is 14.8. The van der Waals surface area contributed by atoms with Crippen molar-refractivity contribution in [3.05, 3.63) is 59.4 Å². The van der Waals surface area contributed by atoms with E-state index in [-0.39, 0.29) is 17.1 Å². The molecule has 0 radical (unpaired) electrons. The Labute approximate surface area is 164 Å². The van der Waals surface area contributed by atoms with Gasteiger partial charge < -0.3 is 14.5 Å². The van der Waals surface area contributed by atoms with E-state index in [0.29, 0.717) is 25.3 Å². The van der Waals surface area contributed by atoms with E-state index in [1.165, 1.54) is 6.07 Å². The molecule has 1 saturated heterocycles. The van der Waals surface area contributed by atoms with E-state index in [0.717, 1.165) is 55.7 Å². The fourth-order valence-corrected chi connectivity index (χ4v) is 5.25. The number of rotatable bonds is 2. The number of nitrogens with zero attached hydrogens (tertiary/aromatic N) is 2. The molecule has 2 aliphatic heterocycles. The number of morpholine rings is 1. The van der Waals surface area contributed by atoms with E-state index >= 15 is 0 Å². The number of ether oxygens (including phenoxy) is 1. The van der Waals surface area contributed by atoms with Crippen LogP contribution in [0.2, 0.25) is 0 Å². The van der Waals surface area contributed by atoms with Gasteiger partial charge in [0, 0.05) is 36.3 Å². The molecular weight excluding hydrogens is 355 g/mol. The van der Waals surface area contributed by atoms with Gasteiger partial charge in [-0.1, -0.05) is 31.0 Å². The quantitative estimate of drug-likeness (QED) is 0.785. The summed E-state index contributed by atoms with van der Waals surface area (Å²) in [7, 11) is 0. The molecule has 0 unspecified atom stereocenters. The van der Waals surface area contributed by atoms with Gasteiger partial charge in [-0.2, -0.15) is 0 Å². The summed E-state index contributed by atoms with van der Waals surface area (Å²) in [6.07, 6.45) is 4.10. The van der Waals surface area contributed by atoms with Crippen molar-refractivity contribution >= 4 is 17.3 Å². The summed E-state index contributed by atoms with van der Waals surface area (Å²) in [5.74, 6) is -0.200. The number of carbonyl (C=O) groups excluding carboxylic acids is 1. The molecule has 5 heteroatoms. The second kappa shape index (κ2) is 6.89. The van der Waals surface area contributed by atoms with Crippen molar-refractivity contribution < 1.29 is 13.9 Å². The number of halogens is 1. The lowest BCUT2D eigenvalue weighted by Crippen LogP contribution is -2.39. The first-order chi connectivity index (χ1) is 13.7. The summed E-state index contributed by atoms with van der Waals surface area (Å²) in [4.78, 5) is 17.7. The van der Waals surface area contributed by atoms with Crippen LogP contribution in [0.1, 0.15) is 41.6 Å². The lowest BCUT2D eigenvalue weighted by Gasteiger charge is -2.31. The maximum atomic E-state index is 14.8. The number of amides is 1. The molecule has 1 spiro atoms. The van der Waals surface area contributed by atoms with Crippen molar-refractivity contribution in [3.8, 4) is 0 Å². The van der Waals surface area contributed by atoms with Crippen molar-refractivity contribution in [1.29, 1.82) is 0 Å². The standard InChI is InChI=1S/C23H25FN2O2/c24-18-7-5-9-20-21(18)23(10-3-4-11-23)16-26(20)22(27)17-6-1-2-8-19(17)25-12-14-28-15-13-25/h1-2,5-9H,3-4,10-16H2. The average Bonchev–Trinajstić information content (AvgIpc) is 3.34. The van der Waals surface area contributed by atoms with Crippen LogP contribution in [-0.2, 0) is 10.2 Å². The zero-order valence-corrected chi connectivity index (χ0v) is 16.0. The minimum atomic E-state index is -0.218. The van der Waals surface area contributed by atoms with Gasteiger partial charge in [0.2, 0.25) is 0 Å². The summed E-state index contributed by atoms with van der Waals surface area (Å²) in [6, 6.07) is 12.9. The fraction of sp³-hybridized carbons (Fsp3) is 0.435. The predicted octanol–water partition coefficient (Wildman–Crippen LogP) is 4.13. The number of anilines is 2. The molecule has 4 nitrogen and oxygen atoms in total. The maximum Gasteiger partial charge on any atom is 0.260 e. The highest BCUT2D eigenvalue weighted by molar-refractivity contribution is 6.11. The topological polar surface area (TPSA) is 32.8 Å². The highest BCUT2D eigenvalue weighted by Gasteiger charge is 2.48. The fourth-order valence-electron chi connectivity index (χ4n) is 5.25. The summed E-state index contributed by atoms with van der Waals surface area (Å²) in [6.45, 7) is 3.48. The Bertz CT molecular complexity index is 901. The van der Waals surface area contributed by atoms with Gasteiger partial charge in [0.1, 0.15) is 5.82 Å². The molecule has 146 valence electrons. The van der Waals surface area contributed by atoms with Crippen LogP contribution >= 0.6 is 0 Å². The lowest BCUT2D eigenvalue weighted by atomic mass is 9.80. The van der Waals surface area contributed by atoms with E-state index in [4.69, 9.17) is 4.74 Å². The molecule has 1 saturated carbocycles. The predicted molar refractivity (Wildman–Crippen MR) is 108 cm³/mol. The Morgan fingerprint density at radius 1 is 0.964 bits per heavy atom. The largest absolute Gasteiger partial charge is 0.378 e. The third-order valence-electron chi connectivity index (χ3n) is 6.57. The molecule has 28 heavy (non-hydrogen) atoms. The minimum absolute atomic E-state index is 0.0299. The van der Waals surface area contributed by atoms with Crippen molar-refractivity contribution in [2.24, 2.45) is 0 Å². The smallest absolute Gasteiger partial charge is 0.260 e. The summed E-state index contributed by atoms with van der Waals surface area (Å²) in [5.41, 5.74) is 2.92. The van der Waals surface area contributed by atoms with Crippen LogP contribution in [0.4, 0.5) is 15.8 Å². The second-order valence-corrected chi connectivity index (χ2v) is 8.13. The van der Waals surface area contributed by atoms with Crippen LogP contribution in [0.5, 0.6) is 0 Å². The van der Waals surface area contributed by atoms with Crippen molar-refractivity contribution in [3.63, 3.8) is 0 Å². The molecule has 1 aliphatic carbocycles. The van der Waals surface area contributed by atoms with Gasteiger partial charge in [0.15, 0.2) is 0 Å². The van der Waals surface area contributed by atoms with Crippen LogP contribution < -0.4 is 9.80 Å². The van der Waals surface area contributed by atoms with E-state index in [2.05, 4.69) is 4.90 Å². The molecule has 2 aromatic carbocycles. The molecule has 2 fully saturated rings. The van der Waals surface area contributed by atoms with Crippen LogP contribution in [0.3, 0.4) is 0 Å². The lowest BCUT2D eigenvalue weighted by molar-refractivity contribution is 0.0983. The first-order valence-corrected chi connectivity index (χ1v) is 10.2. The first-order valence-electron chi connectivity index (χ1n) is 10.2. The molecule has 5 rings (SSSR count). The second-order valence-electron chi connectivity index (χ2n) is 8.13. The van der Waals surface area contributed by atoms with E-state index < -0.39 is 0 Å². The first kappa shape index (κ1) is 17.7. The average molecular weight is 380 g/mol. The summed E-state index contributed by atoms with van der Waals surface area (Å²) < 4.78 is 20.3. The zero-order valence-electron chi connectivity index (χ0n) is 16.0. The molecule has 0 bridgehead atoms. The van der Waals surface area contributed by atoms with Crippen molar-refractivity contribution in [2.75, 3.05) is 42.6 Å². The monoisotopic (exact) mass is 380 g/mol. The van der Waals surface area contributed by atoms with Crippen molar-refractivity contribution in [2.45, 2.75) is 31.1 Å². The Morgan fingerprint density at radius 3 is 2.46 bits per heavy atom. The van der Waals surface area contributed by atoms with Crippen LogP contribution in [-0.4, -0.2) is 38.8 Å². The van der Waals surface area contributed by atoms with E-state index in [1.807, 2.05) is 35.2 Å². The van der Waals surface area contributed by atoms with Gasteiger partial charge in [-0.05, 0) is 37.1 Å². The number of hydrogen-bond acceptors (Lipinski definition) is 3. The molecule has 0 atom stereocenters. The van der Waals surface area contributed by atoms with Crippen LogP contribution in [0.25, 0.3) is 0 Å².